The fourth-order valence-electron chi connectivity index (χ4n) is 4.14. The van der Waals surface area contributed by atoms with Crippen LogP contribution in [0.5, 0.6) is 5.75 Å². The van der Waals surface area contributed by atoms with Crippen molar-refractivity contribution in [2.75, 3.05) is 7.11 Å². The molecule has 4 atom stereocenters. The Hall–Kier alpha value is -2.89. The number of carbonyl (C=O) groups excluding carboxylic acids is 3. The van der Waals surface area contributed by atoms with Crippen LogP contribution in [0.1, 0.15) is 25.3 Å². The van der Waals surface area contributed by atoms with Gasteiger partial charge in [0.15, 0.2) is 5.92 Å². The van der Waals surface area contributed by atoms with E-state index in [1.165, 1.54) is 35.1 Å². The summed E-state index contributed by atoms with van der Waals surface area (Å²) < 4.78 is 10.1. The first-order chi connectivity index (χ1) is 15.6. The van der Waals surface area contributed by atoms with Gasteiger partial charge in [-0.1, -0.05) is 18.2 Å². The van der Waals surface area contributed by atoms with Gasteiger partial charge in [0.2, 0.25) is 5.91 Å². The second kappa shape index (κ2) is 8.47. The fourth-order valence-corrected chi connectivity index (χ4v) is 6.49. The summed E-state index contributed by atoms with van der Waals surface area (Å²) in [6, 6.07) is 8.90. The molecule has 1 aromatic carbocycles. The summed E-state index contributed by atoms with van der Waals surface area (Å²) in [5.74, 6) is -4.47. The molecule has 2 N–H and O–H groups in total. The maximum absolute atomic E-state index is 13.4. The van der Waals surface area contributed by atoms with E-state index in [1.54, 1.807) is 61.0 Å². The molecular weight excluding hydrogens is 468 g/mol. The number of methoxy groups -OCH3 is 1. The van der Waals surface area contributed by atoms with Gasteiger partial charge < -0.3 is 24.8 Å². The number of aliphatic carboxylic acids is 1. The standard InChI is InChI=1S/C22H22N2O7S2/c1-21(2)15(17(26)27)24-19(29)22(30-3,20(24)33-21)23-16(25)14(12-9-10-32-11-12)18(28)31-13-7-5-4-6-8-13/h4-11,14-15,20H,1-3H3,(H,23,25)(H,26,27)/t14?,15-,20+,22-/m0/s1. The molecule has 2 saturated heterocycles. The van der Waals surface area contributed by atoms with E-state index < -0.39 is 51.6 Å². The summed E-state index contributed by atoms with van der Waals surface area (Å²) in [5, 5.41) is 14.8. The number of benzene rings is 1. The minimum absolute atomic E-state index is 0.278. The number of para-hydroxylation sites is 1. The summed E-state index contributed by atoms with van der Waals surface area (Å²) in [7, 11) is 1.26. The average Bonchev–Trinajstić information content (AvgIpc) is 3.37. The molecule has 11 heteroatoms. The lowest BCUT2D eigenvalue weighted by Crippen LogP contribution is -2.80. The second-order valence-electron chi connectivity index (χ2n) is 8.18. The molecule has 4 rings (SSSR count). The summed E-state index contributed by atoms with van der Waals surface area (Å²) >= 11 is 2.53. The number of nitrogens with one attached hydrogen (secondary N) is 1. The number of ether oxygens (including phenoxy) is 2. The van der Waals surface area contributed by atoms with Crippen molar-refractivity contribution in [3.63, 3.8) is 0 Å². The predicted octanol–water partition coefficient (Wildman–Crippen LogP) is 2.04. The van der Waals surface area contributed by atoms with Crippen LogP contribution in [-0.2, 0) is 23.9 Å². The molecule has 33 heavy (non-hydrogen) atoms. The topological polar surface area (TPSA) is 122 Å². The van der Waals surface area contributed by atoms with E-state index in [9.17, 15) is 24.3 Å². The van der Waals surface area contributed by atoms with Gasteiger partial charge in [-0.25, -0.2) is 4.79 Å². The van der Waals surface area contributed by atoms with Gasteiger partial charge in [-0.15, -0.1) is 11.8 Å². The van der Waals surface area contributed by atoms with Crippen molar-refractivity contribution in [2.24, 2.45) is 0 Å². The van der Waals surface area contributed by atoms with Crippen molar-refractivity contribution in [1.29, 1.82) is 0 Å². The van der Waals surface area contributed by atoms with Gasteiger partial charge in [0.1, 0.15) is 17.2 Å². The molecule has 174 valence electrons. The number of carbonyl (C=O) groups is 4. The number of esters is 1. The van der Waals surface area contributed by atoms with E-state index in [2.05, 4.69) is 5.32 Å². The first-order valence-electron chi connectivity index (χ1n) is 10.0. The highest BCUT2D eigenvalue weighted by atomic mass is 32.2. The lowest BCUT2D eigenvalue weighted by atomic mass is 9.92. The van der Waals surface area contributed by atoms with Gasteiger partial charge in [0, 0.05) is 11.9 Å². The molecule has 0 saturated carbocycles. The Morgan fingerprint density at radius 2 is 1.88 bits per heavy atom. The van der Waals surface area contributed by atoms with E-state index in [-0.39, 0.29) is 5.75 Å². The Morgan fingerprint density at radius 1 is 1.18 bits per heavy atom. The Morgan fingerprint density at radius 3 is 2.45 bits per heavy atom. The van der Waals surface area contributed by atoms with Crippen LogP contribution in [-0.4, -0.2) is 62.8 Å². The first kappa shape index (κ1) is 23.3. The van der Waals surface area contributed by atoms with Crippen LogP contribution >= 0.6 is 23.1 Å². The lowest BCUT2D eigenvalue weighted by molar-refractivity contribution is -0.201. The van der Waals surface area contributed by atoms with Gasteiger partial charge in [-0.3, -0.25) is 14.4 Å². The van der Waals surface area contributed by atoms with Gasteiger partial charge in [-0.2, -0.15) is 11.3 Å². The van der Waals surface area contributed by atoms with Crippen molar-refractivity contribution in [3.8, 4) is 5.75 Å². The number of thiophene rings is 1. The third-order valence-electron chi connectivity index (χ3n) is 5.71. The highest BCUT2D eigenvalue weighted by Crippen LogP contribution is 2.55. The maximum Gasteiger partial charge on any atom is 0.328 e. The fraction of sp³-hybridized carbons (Fsp3) is 0.364. The number of hydrogen-bond acceptors (Lipinski definition) is 8. The highest BCUT2D eigenvalue weighted by Gasteiger charge is 2.73. The van der Waals surface area contributed by atoms with Crippen LogP contribution < -0.4 is 10.1 Å². The van der Waals surface area contributed by atoms with Crippen molar-refractivity contribution in [2.45, 2.75) is 41.7 Å². The number of thioether (sulfide) groups is 1. The van der Waals surface area contributed by atoms with Crippen LogP contribution in [0.2, 0.25) is 0 Å². The van der Waals surface area contributed by atoms with Crippen LogP contribution in [0.25, 0.3) is 0 Å². The summed E-state index contributed by atoms with van der Waals surface area (Å²) in [5.41, 5.74) is -1.37. The number of carboxylic acid groups (broad SMARTS) is 1. The summed E-state index contributed by atoms with van der Waals surface area (Å²) in [6.45, 7) is 3.44. The van der Waals surface area contributed by atoms with Crippen LogP contribution in [0.4, 0.5) is 0 Å². The molecule has 0 spiro atoms. The molecule has 2 fully saturated rings. The molecule has 2 aliphatic heterocycles. The molecule has 1 unspecified atom stereocenters. The maximum atomic E-state index is 13.4. The molecular formula is C22H22N2O7S2. The van der Waals surface area contributed by atoms with Crippen LogP contribution in [0, 0.1) is 0 Å². The second-order valence-corrected chi connectivity index (χ2v) is 10.7. The minimum Gasteiger partial charge on any atom is -0.480 e. The predicted molar refractivity (Wildman–Crippen MR) is 121 cm³/mol. The van der Waals surface area contributed by atoms with Crippen molar-refractivity contribution >= 4 is 46.9 Å². The van der Waals surface area contributed by atoms with E-state index in [0.29, 0.717) is 5.56 Å². The number of amides is 2. The normalized spacial score (nSPS) is 26.2. The van der Waals surface area contributed by atoms with Gasteiger partial charge in [0.05, 0.1) is 0 Å². The molecule has 3 heterocycles. The Labute approximate surface area is 198 Å². The third kappa shape index (κ3) is 3.79. The molecule has 2 aliphatic rings. The average molecular weight is 491 g/mol. The molecule has 9 nitrogen and oxygen atoms in total. The monoisotopic (exact) mass is 490 g/mol. The van der Waals surface area contributed by atoms with Crippen LogP contribution in [0.15, 0.2) is 47.2 Å². The molecule has 2 aromatic rings. The Kier molecular flexibility index (Phi) is 5.97. The number of rotatable bonds is 7. The van der Waals surface area contributed by atoms with Crippen molar-refractivity contribution in [1.82, 2.24) is 10.2 Å². The largest absolute Gasteiger partial charge is 0.480 e. The quantitative estimate of drug-likeness (QED) is 0.199. The molecule has 2 amide bonds. The number of fused-ring (bicyclic) bond motifs is 1. The Bertz CT molecular complexity index is 1090. The number of nitrogens with zero attached hydrogens (tertiary/aromatic N) is 1. The summed E-state index contributed by atoms with van der Waals surface area (Å²) in [4.78, 5) is 52.5. The SMILES string of the molecule is CO[C@@]1(NC(=O)C(C(=O)Oc2ccccc2)c2ccsc2)C(=O)N2[C@@H](C(=O)O)C(C)(C)S[C@@H]21. The van der Waals surface area contributed by atoms with Crippen molar-refractivity contribution in [3.05, 3.63) is 52.7 Å². The first-order valence-corrected chi connectivity index (χ1v) is 11.8. The zero-order valence-electron chi connectivity index (χ0n) is 18.0. The van der Waals surface area contributed by atoms with E-state index in [0.717, 1.165) is 0 Å². The molecule has 1 aromatic heterocycles. The highest BCUT2D eigenvalue weighted by molar-refractivity contribution is 8.01. The zero-order chi connectivity index (χ0) is 24.0. The van der Waals surface area contributed by atoms with Crippen molar-refractivity contribution < 1.29 is 33.8 Å². The summed E-state index contributed by atoms with van der Waals surface area (Å²) in [6.07, 6.45) is 0. The molecule has 0 aliphatic carbocycles. The smallest absolute Gasteiger partial charge is 0.328 e. The van der Waals surface area contributed by atoms with Gasteiger partial charge in [-0.05, 0) is 48.4 Å². The number of β-lactam (4-membered cyclic amide) rings is 1. The minimum atomic E-state index is -1.79. The van der Waals surface area contributed by atoms with E-state index in [1.807, 2.05) is 0 Å². The zero-order valence-corrected chi connectivity index (χ0v) is 19.6. The van der Waals surface area contributed by atoms with E-state index >= 15 is 0 Å². The number of carboxylic acids is 1. The molecule has 0 radical (unpaired) electrons. The van der Waals surface area contributed by atoms with E-state index in [4.69, 9.17) is 9.47 Å². The third-order valence-corrected chi connectivity index (χ3v) is 8.02. The van der Waals surface area contributed by atoms with Crippen LogP contribution in [0.3, 0.4) is 0 Å². The molecule has 0 bridgehead atoms. The van der Waals surface area contributed by atoms with Gasteiger partial charge >= 0.3 is 11.9 Å². The lowest BCUT2D eigenvalue weighted by Gasteiger charge is -2.51. The Balaban J connectivity index is 1.61. The van der Waals surface area contributed by atoms with Gasteiger partial charge in [0.25, 0.3) is 11.6 Å². The number of hydrogen-bond donors (Lipinski definition) is 2.